The second kappa shape index (κ2) is 6.50. The van der Waals surface area contributed by atoms with E-state index in [1.807, 2.05) is 19.1 Å². The van der Waals surface area contributed by atoms with Gasteiger partial charge in [0, 0.05) is 24.5 Å². The van der Waals surface area contributed by atoms with E-state index in [1.165, 1.54) is 0 Å². The van der Waals surface area contributed by atoms with Crippen molar-refractivity contribution in [2.45, 2.75) is 18.7 Å². The molecule has 1 amide bonds. The van der Waals surface area contributed by atoms with E-state index in [0.717, 1.165) is 6.42 Å². The number of hydrogen-bond donors (Lipinski definition) is 0. The lowest BCUT2D eigenvalue weighted by molar-refractivity contribution is 0.0793. The molecule has 1 unspecified atom stereocenters. The molecule has 1 aromatic carbocycles. The number of methoxy groups -OCH3 is 1. The average molecular weight is 256 g/mol. The lowest BCUT2D eigenvalue weighted by Crippen LogP contribution is -2.28. The van der Waals surface area contributed by atoms with Crippen LogP contribution in [0.25, 0.3) is 0 Å². The van der Waals surface area contributed by atoms with Crippen LogP contribution in [0.4, 0.5) is 0 Å². The number of hydrogen-bond acceptors (Lipinski definition) is 2. The highest BCUT2D eigenvalue weighted by Gasteiger charge is 2.12. The van der Waals surface area contributed by atoms with E-state index in [2.05, 4.69) is 0 Å². The van der Waals surface area contributed by atoms with Gasteiger partial charge in [0.1, 0.15) is 5.75 Å². The number of rotatable bonds is 5. The Morgan fingerprint density at radius 3 is 2.82 bits per heavy atom. The number of amides is 1. The highest BCUT2D eigenvalue weighted by atomic mass is 35.5. The number of alkyl halides is 1. The third-order valence-corrected chi connectivity index (χ3v) is 2.74. The number of halogens is 1. The van der Waals surface area contributed by atoms with Gasteiger partial charge in [0.05, 0.1) is 7.11 Å². The van der Waals surface area contributed by atoms with Crippen molar-refractivity contribution in [2.24, 2.45) is 0 Å². The first kappa shape index (κ1) is 13.8. The monoisotopic (exact) mass is 255 g/mol. The Morgan fingerprint density at radius 2 is 2.24 bits per heavy atom. The van der Waals surface area contributed by atoms with E-state index in [0.29, 0.717) is 17.9 Å². The van der Waals surface area contributed by atoms with Crippen LogP contribution in [-0.4, -0.2) is 36.9 Å². The van der Waals surface area contributed by atoms with Crippen molar-refractivity contribution < 1.29 is 9.53 Å². The van der Waals surface area contributed by atoms with Gasteiger partial charge in [-0.3, -0.25) is 4.79 Å². The Bertz CT molecular complexity index is 379. The number of carbonyl (C=O) groups excluding carboxylic acids is 1. The molecule has 0 bridgehead atoms. The molecule has 1 aromatic rings. The summed E-state index contributed by atoms with van der Waals surface area (Å²) in [5.41, 5.74) is 0.633. The number of carbonyl (C=O) groups is 1. The van der Waals surface area contributed by atoms with Crippen LogP contribution in [0.1, 0.15) is 23.7 Å². The van der Waals surface area contributed by atoms with Gasteiger partial charge in [-0.2, -0.15) is 0 Å². The fraction of sp³-hybridized carbons (Fsp3) is 0.462. The minimum Gasteiger partial charge on any atom is -0.497 e. The maximum Gasteiger partial charge on any atom is 0.253 e. The molecule has 0 aromatic heterocycles. The molecule has 0 aliphatic heterocycles. The molecule has 0 heterocycles. The van der Waals surface area contributed by atoms with Crippen LogP contribution in [0.2, 0.25) is 0 Å². The van der Waals surface area contributed by atoms with Crippen molar-refractivity contribution >= 4 is 17.5 Å². The van der Waals surface area contributed by atoms with E-state index >= 15 is 0 Å². The maximum absolute atomic E-state index is 12.1. The second-order valence-corrected chi connectivity index (χ2v) is 4.77. The molecule has 0 aliphatic carbocycles. The average Bonchev–Trinajstić information content (AvgIpc) is 2.35. The predicted molar refractivity (Wildman–Crippen MR) is 69.9 cm³/mol. The van der Waals surface area contributed by atoms with Crippen LogP contribution in [0.15, 0.2) is 24.3 Å². The summed E-state index contributed by atoms with van der Waals surface area (Å²) in [4.78, 5) is 13.7. The van der Waals surface area contributed by atoms with Gasteiger partial charge in [-0.05, 0) is 31.5 Å². The molecule has 94 valence electrons. The first-order chi connectivity index (χ1) is 8.04. The molecule has 3 nitrogen and oxygen atoms in total. The summed E-state index contributed by atoms with van der Waals surface area (Å²) < 4.78 is 5.09. The molecule has 0 spiro atoms. The smallest absolute Gasteiger partial charge is 0.253 e. The van der Waals surface area contributed by atoms with Crippen molar-refractivity contribution in [1.29, 1.82) is 0 Å². The molecule has 1 rings (SSSR count). The summed E-state index contributed by atoms with van der Waals surface area (Å²) in [6, 6.07) is 7.15. The van der Waals surface area contributed by atoms with E-state index in [9.17, 15) is 4.79 Å². The summed E-state index contributed by atoms with van der Waals surface area (Å²) in [6.45, 7) is 2.58. The Morgan fingerprint density at radius 1 is 1.53 bits per heavy atom. The van der Waals surface area contributed by atoms with Crippen LogP contribution in [0.5, 0.6) is 5.75 Å². The van der Waals surface area contributed by atoms with Crippen molar-refractivity contribution in [3.8, 4) is 5.75 Å². The molecule has 0 saturated carbocycles. The molecule has 4 heteroatoms. The molecule has 17 heavy (non-hydrogen) atoms. The van der Waals surface area contributed by atoms with Crippen LogP contribution in [0, 0.1) is 0 Å². The molecule has 0 aliphatic rings. The normalized spacial score (nSPS) is 12.0. The van der Waals surface area contributed by atoms with Gasteiger partial charge in [0.15, 0.2) is 0 Å². The molecule has 0 fully saturated rings. The zero-order chi connectivity index (χ0) is 12.8. The Labute approximate surface area is 107 Å². The Balaban J connectivity index is 2.67. The molecular weight excluding hydrogens is 238 g/mol. The molecule has 0 saturated heterocycles. The fourth-order valence-electron chi connectivity index (χ4n) is 1.45. The van der Waals surface area contributed by atoms with Crippen molar-refractivity contribution in [3.05, 3.63) is 29.8 Å². The first-order valence-electron chi connectivity index (χ1n) is 5.58. The summed E-state index contributed by atoms with van der Waals surface area (Å²) in [5.74, 6) is 0.677. The van der Waals surface area contributed by atoms with Crippen molar-refractivity contribution in [2.75, 3.05) is 20.7 Å². The van der Waals surface area contributed by atoms with E-state index in [-0.39, 0.29) is 11.3 Å². The van der Waals surface area contributed by atoms with Gasteiger partial charge in [-0.1, -0.05) is 6.07 Å². The van der Waals surface area contributed by atoms with Crippen molar-refractivity contribution in [3.63, 3.8) is 0 Å². The van der Waals surface area contributed by atoms with Crippen LogP contribution < -0.4 is 4.74 Å². The largest absolute Gasteiger partial charge is 0.497 e. The maximum atomic E-state index is 12.1. The molecule has 0 N–H and O–H groups in total. The van der Waals surface area contributed by atoms with Gasteiger partial charge in [0.25, 0.3) is 5.91 Å². The fourth-order valence-corrected chi connectivity index (χ4v) is 1.55. The van der Waals surface area contributed by atoms with E-state index < -0.39 is 0 Å². The minimum absolute atomic E-state index is 0.0128. The third-order valence-electron chi connectivity index (χ3n) is 2.53. The topological polar surface area (TPSA) is 29.5 Å². The van der Waals surface area contributed by atoms with Crippen LogP contribution >= 0.6 is 11.6 Å². The third kappa shape index (κ3) is 4.27. The Kier molecular flexibility index (Phi) is 5.29. The Hall–Kier alpha value is -1.22. The van der Waals surface area contributed by atoms with Gasteiger partial charge in [-0.15, -0.1) is 11.6 Å². The lowest BCUT2D eigenvalue weighted by atomic mass is 10.2. The summed E-state index contributed by atoms with van der Waals surface area (Å²) in [6.07, 6.45) is 0.785. The second-order valence-electron chi connectivity index (χ2n) is 4.03. The summed E-state index contributed by atoms with van der Waals surface area (Å²) in [7, 11) is 3.36. The van der Waals surface area contributed by atoms with Gasteiger partial charge in [-0.25, -0.2) is 0 Å². The standard InChI is InChI=1S/C13H18ClNO2/c1-10(14)7-8-15(2)13(16)11-5-4-6-12(9-11)17-3/h4-6,9-10H,7-8H2,1-3H3. The quantitative estimate of drug-likeness (QED) is 0.758. The minimum atomic E-state index is -0.0128. The zero-order valence-electron chi connectivity index (χ0n) is 10.4. The number of benzene rings is 1. The van der Waals surface area contributed by atoms with Gasteiger partial charge >= 0.3 is 0 Å². The predicted octanol–water partition coefficient (Wildman–Crippen LogP) is 2.78. The van der Waals surface area contributed by atoms with Crippen LogP contribution in [-0.2, 0) is 0 Å². The zero-order valence-corrected chi connectivity index (χ0v) is 11.2. The summed E-state index contributed by atoms with van der Waals surface area (Å²) >= 11 is 5.86. The lowest BCUT2D eigenvalue weighted by Gasteiger charge is -2.18. The molecule has 1 atom stereocenters. The van der Waals surface area contributed by atoms with E-state index in [4.69, 9.17) is 16.3 Å². The highest BCUT2D eigenvalue weighted by molar-refractivity contribution is 6.20. The van der Waals surface area contributed by atoms with E-state index in [1.54, 1.807) is 31.2 Å². The van der Waals surface area contributed by atoms with Gasteiger partial charge in [0.2, 0.25) is 0 Å². The van der Waals surface area contributed by atoms with Crippen LogP contribution in [0.3, 0.4) is 0 Å². The highest BCUT2D eigenvalue weighted by Crippen LogP contribution is 2.14. The first-order valence-corrected chi connectivity index (χ1v) is 6.02. The summed E-state index contributed by atoms with van der Waals surface area (Å²) in [5, 5.41) is 0.0792. The van der Waals surface area contributed by atoms with Gasteiger partial charge < -0.3 is 9.64 Å². The SMILES string of the molecule is COc1cccc(C(=O)N(C)CCC(C)Cl)c1. The molecule has 0 radical (unpaired) electrons. The van der Waals surface area contributed by atoms with Crippen molar-refractivity contribution in [1.82, 2.24) is 4.90 Å². The number of nitrogens with zero attached hydrogens (tertiary/aromatic N) is 1. The molecular formula is C13H18ClNO2. The number of ether oxygens (including phenoxy) is 1.